The molecule has 1 saturated carbocycles. The Morgan fingerprint density at radius 3 is 2.12 bits per heavy atom. The van der Waals surface area contributed by atoms with Gasteiger partial charge >= 0.3 is 6.18 Å². The quantitative estimate of drug-likeness (QED) is 0.779. The van der Waals surface area contributed by atoms with Crippen molar-refractivity contribution >= 4 is 0 Å². The van der Waals surface area contributed by atoms with Gasteiger partial charge in [-0.1, -0.05) is 25.7 Å². The molecule has 0 aromatic heterocycles. The van der Waals surface area contributed by atoms with Gasteiger partial charge in [-0.25, -0.2) is 0 Å². The van der Waals surface area contributed by atoms with E-state index in [1.165, 1.54) is 0 Å². The first-order chi connectivity index (χ1) is 7.90. The van der Waals surface area contributed by atoms with Crippen molar-refractivity contribution in [2.75, 3.05) is 7.11 Å². The highest BCUT2D eigenvalue weighted by Gasteiger charge is 2.39. The lowest BCUT2D eigenvalue weighted by Gasteiger charge is -2.37. The Labute approximate surface area is 101 Å². The topological polar surface area (TPSA) is 35.2 Å². The molecule has 1 aliphatic rings. The number of methoxy groups -OCH3 is 1. The average Bonchev–Trinajstić information content (AvgIpc) is 2.51. The minimum Gasteiger partial charge on any atom is -0.377 e. The smallest absolute Gasteiger partial charge is 0.377 e. The van der Waals surface area contributed by atoms with Crippen LogP contribution in [0.2, 0.25) is 0 Å². The number of hydrogen-bond donors (Lipinski definition) is 1. The summed E-state index contributed by atoms with van der Waals surface area (Å²) in [5.41, 5.74) is 5.41. The number of ether oxygens (including phenoxy) is 1. The molecule has 0 amide bonds. The van der Waals surface area contributed by atoms with Gasteiger partial charge in [-0.15, -0.1) is 0 Å². The van der Waals surface area contributed by atoms with Gasteiger partial charge in [0, 0.05) is 19.6 Å². The molecule has 1 unspecified atom stereocenters. The second-order valence-corrected chi connectivity index (χ2v) is 4.94. The lowest BCUT2D eigenvalue weighted by molar-refractivity contribution is -0.141. The Hall–Kier alpha value is -0.290. The summed E-state index contributed by atoms with van der Waals surface area (Å²) >= 11 is 0. The number of halogens is 3. The molecule has 1 fully saturated rings. The summed E-state index contributed by atoms with van der Waals surface area (Å²) in [6.07, 6.45) is 0.800. The van der Waals surface area contributed by atoms with Gasteiger partial charge in [0.2, 0.25) is 0 Å². The molecule has 0 aromatic carbocycles. The normalized spacial score (nSPS) is 23.1. The second-order valence-electron chi connectivity index (χ2n) is 4.94. The van der Waals surface area contributed by atoms with E-state index in [9.17, 15) is 13.2 Å². The Kier molecular flexibility index (Phi) is 5.25. The molecule has 2 N–H and O–H groups in total. The molecule has 1 rings (SSSR count). The number of hydrogen-bond acceptors (Lipinski definition) is 2. The minimum absolute atomic E-state index is 0.0443. The summed E-state index contributed by atoms with van der Waals surface area (Å²) in [6.45, 7) is 0. The summed E-state index contributed by atoms with van der Waals surface area (Å²) < 4.78 is 42.1. The molecular weight excluding hydrogens is 231 g/mol. The highest BCUT2D eigenvalue weighted by Crippen LogP contribution is 2.35. The fraction of sp³-hybridized carbons (Fsp3) is 1.00. The van der Waals surface area contributed by atoms with Crippen LogP contribution in [0.1, 0.15) is 51.4 Å². The van der Waals surface area contributed by atoms with Gasteiger partial charge in [-0.2, -0.15) is 13.2 Å². The zero-order valence-electron chi connectivity index (χ0n) is 10.4. The first-order valence-corrected chi connectivity index (χ1v) is 6.27. The van der Waals surface area contributed by atoms with Gasteiger partial charge in [-0.3, -0.25) is 0 Å². The molecule has 0 bridgehead atoms. The van der Waals surface area contributed by atoms with Gasteiger partial charge in [0.25, 0.3) is 0 Å². The molecule has 2 nitrogen and oxygen atoms in total. The molecule has 0 aromatic rings. The third-order valence-electron chi connectivity index (χ3n) is 3.77. The van der Waals surface area contributed by atoms with Crippen molar-refractivity contribution in [2.24, 2.45) is 5.73 Å². The Morgan fingerprint density at radius 2 is 1.71 bits per heavy atom. The largest absolute Gasteiger partial charge is 0.389 e. The van der Waals surface area contributed by atoms with Gasteiger partial charge in [0.1, 0.15) is 0 Å². The SMILES string of the molecule is COC1(C(N)CCC(F)(F)F)CCCCCC1. The highest BCUT2D eigenvalue weighted by atomic mass is 19.4. The van der Waals surface area contributed by atoms with E-state index in [-0.39, 0.29) is 6.42 Å². The molecule has 1 atom stereocenters. The fourth-order valence-electron chi connectivity index (χ4n) is 2.64. The van der Waals surface area contributed by atoms with E-state index < -0.39 is 24.2 Å². The Bertz CT molecular complexity index is 222. The summed E-state index contributed by atoms with van der Waals surface area (Å²) in [7, 11) is 1.57. The lowest BCUT2D eigenvalue weighted by atomic mass is 9.84. The van der Waals surface area contributed by atoms with Crippen LogP contribution in [0.25, 0.3) is 0 Å². The minimum atomic E-state index is -4.13. The van der Waals surface area contributed by atoms with Gasteiger partial charge in [0.15, 0.2) is 0 Å². The third-order valence-corrected chi connectivity index (χ3v) is 3.77. The predicted molar refractivity (Wildman–Crippen MR) is 60.7 cm³/mol. The van der Waals surface area contributed by atoms with Crippen molar-refractivity contribution in [1.29, 1.82) is 0 Å². The molecular formula is C12H22F3NO. The van der Waals surface area contributed by atoms with Crippen LogP contribution in [0.3, 0.4) is 0 Å². The maximum atomic E-state index is 12.2. The van der Waals surface area contributed by atoms with Crippen LogP contribution < -0.4 is 5.73 Å². The van der Waals surface area contributed by atoms with Crippen LogP contribution in [-0.4, -0.2) is 24.9 Å². The van der Waals surface area contributed by atoms with Crippen molar-refractivity contribution in [3.05, 3.63) is 0 Å². The average molecular weight is 253 g/mol. The van der Waals surface area contributed by atoms with Crippen LogP contribution in [-0.2, 0) is 4.74 Å². The van der Waals surface area contributed by atoms with Crippen LogP contribution in [0.5, 0.6) is 0 Å². The standard InChI is InChI=1S/C12H22F3NO/c1-17-11(7-4-2-3-5-8-11)10(16)6-9-12(13,14)15/h10H,2-9,16H2,1H3. The summed E-state index contributed by atoms with van der Waals surface area (Å²) in [4.78, 5) is 0. The first-order valence-electron chi connectivity index (χ1n) is 6.27. The zero-order chi connectivity index (χ0) is 12.9. The molecule has 1 aliphatic carbocycles. The second kappa shape index (κ2) is 6.05. The summed E-state index contributed by atoms with van der Waals surface area (Å²) in [5.74, 6) is 0. The van der Waals surface area contributed by atoms with E-state index in [4.69, 9.17) is 10.5 Å². The monoisotopic (exact) mass is 253 g/mol. The van der Waals surface area contributed by atoms with Crippen molar-refractivity contribution in [3.8, 4) is 0 Å². The molecule has 102 valence electrons. The Balaban J connectivity index is 2.57. The van der Waals surface area contributed by atoms with Crippen molar-refractivity contribution in [2.45, 2.75) is 69.2 Å². The summed E-state index contributed by atoms with van der Waals surface area (Å²) in [5, 5.41) is 0. The summed E-state index contributed by atoms with van der Waals surface area (Å²) in [6, 6.07) is -0.521. The molecule has 0 spiro atoms. The number of alkyl halides is 3. The van der Waals surface area contributed by atoms with E-state index in [2.05, 4.69) is 0 Å². The predicted octanol–water partition coefficient (Wildman–Crippen LogP) is 3.40. The molecule has 0 saturated heterocycles. The van der Waals surface area contributed by atoms with Crippen LogP contribution >= 0.6 is 0 Å². The highest BCUT2D eigenvalue weighted by molar-refractivity contribution is 4.92. The van der Waals surface area contributed by atoms with Gasteiger partial charge in [0.05, 0.1) is 5.60 Å². The van der Waals surface area contributed by atoms with E-state index in [1.807, 2.05) is 0 Å². The van der Waals surface area contributed by atoms with Crippen molar-refractivity contribution < 1.29 is 17.9 Å². The molecule has 17 heavy (non-hydrogen) atoms. The maximum Gasteiger partial charge on any atom is 0.389 e. The lowest BCUT2D eigenvalue weighted by Crippen LogP contribution is -2.49. The van der Waals surface area contributed by atoms with E-state index in [1.54, 1.807) is 7.11 Å². The Morgan fingerprint density at radius 1 is 1.18 bits per heavy atom. The fourth-order valence-corrected chi connectivity index (χ4v) is 2.64. The zero-order valence-corrected chi connectivity index (χ0v) is 10.4. The molecule has 5 heteroatoms. The molecule has 0 aliphatic heterocycles. The van der Waals surface area contributed by atoms with Gasteiger partial charge in [-0.05, 0) is 19.3 Å². The number of rotatable bonds is 4. The van der Waals surface area contributed by atoms with Gasteiger partial charge < -0.3 is 10.5 Å². The van der Waals surface area contributed by atoms with E-state index >= 15 is 0 Å². The van der Waals surface area contributed by atoms with Crippen LogP contribution in [0.15, 0.2) is 0 Å². The molecule has 0 radical (unpaired) electrons. The van der Waals surface area contributed by atoms with Crippen LogP contribution in [0, 0.1) is 0 Å². The van der Waals surface area contributed by atoms with E-state index in [0.29, 0.717) is 0 Å². The third kappa shape index (κ3) is 4.47. The van der Waals surface area contributed by atoms with Crippen molar-refractivity contribution in [1.82, 2.24) is 0 Å². The maximum absolute atomic E-state index is 12.2. The number of nitrogens with two attached hydrogens (primary N) is 1. The first kappa shape index (κ1) is 14.8. The van der Waals surface area contributed by atoms with Crippen LogP contribution in [0.4, 0.5) is 13.2 Å². The molecule has 0 heterocycles. The van der Waals surface area contributed by atoms with E-state index in [0.717, 1.165) is 38.5 Å². The van der Waals surface area contributed by atoms with Crippen molar-refractivity contribution in [3.63, 3.8) is 0 Å².